The zero-order chi connectivity index (χ0) is 31.8. The summed E-state index contributed by atoms with van der Waals surface area (Å²) in [5.41, 5.74) is 6.05. The van der Waals surface area contributed by atoms with E-state index in [1.54, 1.807) is 38.1 Å². The van der Waals surface area contributed by atoms with Gasteiger partial charge in [-0.2, -0.15) is 5.11 Å². The summed E-state index contributed by atoms with van der Waals surface area (Å²) in [6, 6.07) is 12.8. The Hall–Kier alpha value is -5.29. The molecule has 0 unspecified atom stereocenters. The van der Waals surface area contributed by atoms with Gasteiger partial charge in [0.15, 0.2) is 5.75 Å². The third-order valence-electron chi connectivity index (χ3n) is 5.81. The van der Waals surface area contributed by atoms with E-state index in [4.69, 9.17) is 20.5 Å². The second kappa shape index (κ2) is 14.3. The summed E-state index contributed by atoms with van der Waals surface area (Å²) in [6.45, 7) is 3.92. The zero-order valence-electron chi connectivity index (χ0n) is 23.1. The maximum absolute atomic E-state index is 11.5. The summed E-state index contributed by atoms with van der Waals surface area (Å²) in [7, 11) is 0. The number of benzene rings is 4. The molecule has 44 heavy (non-hydrogen) atoms. The summed E-state index contributed by atoms with van der Waals surface area (Å²) >= 11 is 0.579. The van der Waals surface area contributed by atoms with Crippen molar-refractivity contribution in [3.63, 3.8) is 0 Å². The van der Waals surface area contributed by atoms with Crippen molar-refractivity contribution in [1.82, 2.24) is 0 Å². The van der Waals surface area contributed by atoms with E-state index in [1.807, 2.05) is 0 Å². The fraction of sp³-hybridized carbons (Fsp3) is 0.143. The first-order valence-corrected chi connectivity index (χ1v) is 13.5. The van der Waals surface area contributed by atoms with Crippen LogP contribution in [0.25, 0.3) is 10.8 Å². The lowest BCUT2D eigenvalue weighted by Gasteiger charge is -2.12. The maximum Gasteiger partial charge on any atom is 0.335 e. The minimum atomic E-state index is -1.33. The molecule has 228 valence electrons. The van der Waals surface area contributed by atoms with Crippen molar-refractivity contribution in [2.75, 3.05) is 18.9 Å². The molecule has 0 aromatic heterocycles. The van der Waals surface area contributed by atoms with Crippen molar-refractivity contribution < 1.29 is 49.0 Å². The van der Waals surface area contributed by atoms with E-state index in [9.17, 15) is 24.9 Å². The lowest BCUT2D eigenvalue weighted by atomic mass is 10.1. The topological polar surface area (TPSA) is 227 Å². The average Bonchev–Trinajstić information content (AvgIpc) is 3.00. The van der Waals surface area contributed by atoms with Crippen LogP contribution in [0.2, 0.25) is 0 Å². The molecule has 0 radical (unpaired) electrons. The summed E-state index contributed by atoms with van der Waals surface area (Å²) in [6.07, 6.45) is 0. The first kappa shape index (κ1) is 31.6. The maximum atomic E-state index is 11.5. The number of phenols is 1. The number of ether oxygens (including phenoxy) is 2. The van der Waals surface area contributed by atoms with Gasteiger partial charge >= 0.3 is 11.9 Å². The molecule has 0 heterocycles. The fourth-order valence-corrected chi connectivity index (χ4v) is 4.43. The number of carboxylic acids is 2. The van der Waals surface area contributed by atoms with Gasteiger partial charge in [0.2, 0.25) is 0 Å². The smallest absolute Gasteiger partial charge is 0.335 e. The Morgan fingerprint density at radius 1 is 0.818 bits per heavy atom. The van der Waals surface area contributed by atoms with E-state index in [-0.39, 0.29) is 69.2 Å². The number of nitrogen functional groups attached to an aromatic ring is 1. The molecule has 0 aliphatic heterocycles. The van der Waals surface area contributed by atoms with E-state index in [0.29, 0.717) is 28.5 Å². The van der Waals surface area contributed by atoms with Crippen LogP contribution in [0.15, 0.2) is 79.9 Å². The van der Waals surface area contributed by atoms with Crippen LogP contribution in [0, 0.1) is 0 Å². The second-order valence-electron chi connectivity index (χ2n) is 8.71. The van der Waals surface area contributed by atoms with Crippen molar-refractivity contribution in [3.8, 4) is 17.2 Å². The van der Waals surface area contributed by atoms with Crippen molar-refractivity contribution in [2.45, 2.75) is 18.7 Å². The van der Waals surface area contributed by atoms with Gasteiger partial charge in [0.25, 0.3) is 0 Å². The van der Waals surface area contributed by atoms with Crippen molar-refractivity contribution in [3.05, 3.63) is 65.7 Å². The zero-order valence-corrected chi connectivity index (χ0v) is 23.9. The minimum Gasteiger partial charge on any atom is -0.505 e. The first-order valence-electron chi connectivity index (χ1n) is 12.7. The number of anilines is 1. The number of hydrogen-bond acceptors (Lipinski definition) is 14. The molecular weight excluding hydrogens is 598 g/mol. The molecule has 0 fully saturated rings. The Labute approximate surface area is 253 Å². The van der Waals surface area contributed by atoms with Crippen molar-refractivity contribution in [1.29, 1.82) is 0 Å². The Kier molecular flexibility index (Phi) is 10.3. The number of nitrogens with zero attached hydrogens (tertiary/aromatic N) is 4. The summed E-state index contributed by atoms with van der Waals surface area (Å²) in [4.78, 5) is 23.2. The number of nitrogens with two attached hydrogens (primary N) is 1. The highest BCUT2D eigenvalue weighted by Crippen LogP contribution is 2.46. The molecule has 0 bridgehead atoms. The Bertz CT molecular complexity index is 1750. The van der Waals surface area contributed by atoms with Gasteiger partial charge in [-0.1, -0.05) is 11.1 Å². The molecule has 0 amide bonds. The normalized spacial score (nSPS) is 11.4. The van der Waals surface area contributed by atoms with Gasteiger partial charge in [0.05, 0.1) is 47.0 Å². The second-order valence-corrected chi connectivity index (χ2v) is 9.45. The Balaban J connectivity index is 1.80. The number of aromatic hydroxyl groups is 1. The summed E-state index contributed by atoms with van der Waals surface area (Å²) < 4.78 is 16.0. The van der Waals surface area contributed by atoms with Gasteiger partial charge in [-0.25, -0.2) is 14.8 Å². The van der Waals surface area contributed by atoms with Crippen LogP contribution in [0.5, 0.6) is 17.2 Å². The number of carboxylic acid groups (broad SMARTS) is 2. The predicted molar refractivity (Wildman–Crippen MR) is 158 cm³/mol. The van der Waals surface area contributed by atoms with Crippen molar-refractivity contribution >= 4 is 63.2 Å². The molecule has 4 rings (SSSR count). The van der Waals surface area contributed by atoms with Crippen molar-refractivity contribution in [2.24, 2.45) is 20.5 Å². The number of phenolic OH excluding ortho intramolecular Hbond substituents is 1. The standard InChI is InChI=1S/C28H25N5O10S/c1-3-40-22-13-21(32-33-25-24(44-43-42-39)10-14-5-6-17(29)11-19(14)26(25)34)23(41-4-2)12-20(22)31-30-18-8-15(27(35)36)7-16(9-18)28(37)38/h5-13,34,39H,3-4,29H2,1-2H3,(H,35,36)(H,37,38). The van der Waals surface area contributed by atoms with Crippen LogP contribution >= 0.6 is 12.0 Å². The number of azo groups is 2. The average molecular weight is 624 g/mol. The van der Waals surface area contributed by atoms with Crippen LogP contribution < -0.4 is 15.2 Å². The molecule has 15 nitrogen and oxygen atoms in total. The van der Waals surface area contributed by atoms with Gasteiger partial charge in [-0.3, -0.25) is 0 Å². The lowest BCUT2D eigenvalue weighted by Crippen LogP contribution is -2.01. The van der Waals surface area contributed by atoms with Gasteiger partial charge in [-0.05, 0) is 55.6 Å². The van der Waals surface area contributed by atoms with E-state index >= 15 is 0 Å². The third-order valence-corrected chi connectivity index (χ3v) is 6.43. The summed E-state index contributed by atoms with van der Waals surface area (Å²) in [5.74, 6) is -2.52. The van der Waals surface area contributed by atoms with E-state index in [0.717, 1.165) is 6.07 Å². The molecule has 0 spiro atoms. The fourth-order valence-electron chi connectivity index (χ4n) is 3.94. The molecule has 0 saturated heterocycles. The molecule has 0 aliphatic carbocycles. The minimum absolute atomic E-state index is 0.0157. The molecule has 4 aromatic rings. The van der Waals surface area contributed by atoms with Crippen LogP contribution in [0.4, 0.5) is 28.4 Å². The van der Waals surface area contributed by atoms with E-state index in [1.165, 1.54) is 24.3 Å². The van der Waals surface area contributed by atoms with Gasteiger partial charge in [-0.15, -0.1) is 19.7 Å². The molecule has 0 atom stereocenters. The quantitative estimate of drug-likeness (QED) is 0.0319. The number of carbonyl (C=O) groups is 2. The highest BCUT2D eigenvalue weighted by atomic mass is 32.2. The van der Waals surface area contributed by atoms with Gasteiger partial charge in [0.1, 0.15) is 28.6 Å². The number of hydrogen-bond donors (Lipinski definition) is 5. The van der Waals surface area contributed by atoms with E-state index in [2.05, 4.69) is 29.8 Å². The lowest BCUT2D eigenvalue weighted by molar-refractivity contribution is -0.432. The van der Waals surface area contributed by atoms with Crippen LogP contribution in [0.1, 0.15) is 34.6 Å². The Morgan fingerprint density at radius 3 is 1.95 bits per heavy atom. The van der Waals surface area contributed by atoms with E-state index < -0.39 is 11.9 Å². The largest absolute Gasteiger partial charge is 0.505 e. The number of rotatable bonds is 13. The molecule has 0 aliphatic rings. The number of fused-ring (bicyclic) bond motifs is 1. The SMILES string of the molecule is CCOc1cc(N=Nc2c(SOOO)cc3ccc(N)cc3c2O)c(OCC)cc1N=Nc1cc(C(=O)O)cc(C(=O)O)c1. The van der Waals surface area contributed by atoms with Gasteiger partial charge in [0, 0.05) is 23.2 Å². The summed E-state index contributed by atoms with van der Waals surface area (Å²) in [5, 5.41) is 59.8. The molecule has 6 N–H and O–H groups in total. The highest BCUT2D eigenvalue weighted by molar-refractivity contribution is 7.94. The monoisotopic (exact) mass is 623 g/mol. The van der Waals surface area contributed by atoms with Crippen LogP contribution in [0.3, 0.4) is 0 Å². The number of aromatic carboxylic acids is 2. The first-order chi connectivity index (χ1) is 21.1. The molecular formula is C28H25N5O10S. The predicted octanol–water partition coefficient (Wildman–Crippen LogP) is 7.58. The molecule has 0 saturated carbocycles. The molecule has 4 aromatic carbocycles. The van der Waals surface area contributed by atoms with Crippen LogP contribution in [-0.2, 0) is 9.37 Å². The third kappa shape index (κ3) is 7.37. The van der Waals surface area contributed by atoms with Crippen LogP contribution in [-0.4, -0.2) is 45.7 Å². The Morgan fingerprint density at radius 2 is 1.41 bits per heavy atom. The highest BCUT2D eigenvalue weighted by Gasteiger charge is 2.18. The van der Waals surface area contributed by atoms with Gasteiger partial charge < -0.3 is 30.5 Å². The molecule has 16 heteroatoms.